The number of rotatable bonds is 1. The predicted molar refractivity (Wildman–Crippen MR) is 69.3 cm³/mol. The predicted octanol–water partition coefficient (Wildman–Crippen LogP) is 2.40. The normalized spacial score (nSPS) is 43.7. The fraction of sp³-hybridized carbons (Fsp3) is 1.00. The third-order valence-corrected chi connectivity index (χ3v) is 5.78. The molecular weight excluding hydrogens is 226 g/mol. The third kappa shape index (κ3) is 1.60. The van der Waals surface area contributed by atoms with E-state index in [9.17, 15) is 0 Å². The van der Waals surface area contributed by atoms with Gasteiger partial charge in [-0.1, -0.05) is 6.42 Å². The van der Waals surface area contributed by atoms with E-state index < -0.39 is 0 Å². The van der Waals surface area contributed by atoms with Crippen LogP contribution < -0.4 is 0 Å². The zero-order valence-corrected chi connectivity index (χ0v) is 11.3. The van der Waals surface area contributed by atoms with E-state index in [0.717, 1.165) is 19.3 Å². The van der Waals surface area contributed by atoms with Crippen molar-refractivity contribution < 1.29 is 9.47 Å². The fourth-order valence-corrected chi connectivity index (χ4v) is 5.07. The molecule has 3 heteroatoms. The van der Waals surface area contributed by atoms with Crippen molar-refractivity contribution in [2.75, 3.05) is 26.3 Å². The van der Waals surface area contributed by atoms with Crippen molar-refractivity contribution in [2.45, 2.75) is 56.8 Å². The van der Waals surface area contributed by atoms with Crippen molar-refractivity contribution in [3.63, 3.8) is 0 Å². The molecule has 2 aliphatic carbocycles. The van der Waals surface area contributed by atoms with Crippen molar-refractivity contribution in [1.82, 2.24) is 4.90 Å². The summed E-state index contributed by atoms with van der Waals surface area (Å²) in [7, 11) is 0. The van der Waals surface area contributed by atoms with Crippen LogP contribution in [0.5, 0.6) is 0 Å². The molecule has 1 spiro atoms. The Morgan fingerprint density at radius 2 is 1.61 bits per heavy atom. The maximum absolute atomic E-state index is 6.19. The molecule has 0 amide bonds. The summed E-state index contributed by atoms with van der Waals surface area (Å²) in [5.74, 6) is 1.15. The molecule has 2 saturated carbocycles. The molecule has 4 rings (SSSR count). The van der Waals surface area contributed by atoms with Crippen LogP contribution in [0.3, 0.4) is 0 Å². The highest BCUT2D eigenvalue weighted by atomic mass is 16.7. The van der Waals surface area contributed by atoms with E-state index in [4.69, 9.17) is 9.47 Å². The second-order valence-electron chi connectivity index (χ2n) is 6.54. The Labute approximate surface area is 110 Å². The first kappa shape index (κ1) is 11.7. The molecule has 18 heavy (non-hydrogen) atoms. The first-order chi connectivity index (χ1) is 8.90. The first-order valence-electron chi connectivity index (χ1n) is 7.92. The van der Waals surface area contributed by atoms with Gasteiger partial charge in [-0.2, -0.15) is 0 Å². The molecule has 2 heterocycles. The Bertz CT molecular complexity index is 308. The largest absolute Gasteiger partial charge is 0.347 e. The van der Waals surface area contributed by atoms with Gasteiger partial charge in [-0.3, -0.25) is 4.90 Å². The lowest BCUT2D eigenvalue weighted by Gasteiger charge is -2.54. The molecule has 3 nitrogen and oxygen atoms in total. The molecule has 102 valence electrons. The molecule has 4 aliphatic rings. The van der Waals surface area contributed by atoms with Crippen LogP contribution >= 0.6 is 0 Å². The van der Waals surface area contributed by atoms with Gasteiger partial charge in [0.1, 0.15) is 0 Å². The Balaban J connectivity index is 1.62. The van der Waals surface area contributed by atoms with Crippen LogP contribution in [0, 0.1) is 11.8 Å². The van der Waals surface area contributed by atoms with Gasteiger partial charge in [-0.15, -0.1) is 0 Å². The van der Waals surface area contributed by atoms with Gasteiger partial charge >= 0.3 is 0 Å². The number of nitrogens with zero attached hydrogens (tertiary/aromatic N) is 1. The van der Waals surface area contributed by atoms with Crippen molar-refractivity contribution in [1.29, 1.82) is 0 Å². The Morgan fingerprint density at radius 3 is 2.39 bits per heavy atom. The average Bonchev–Trinajstić information content (AvgIpc) is 3.01. The standard InChI is InChI=1S/C15H25NO2/c1-2-9-16(8-1)14-7-6-12-4-3-5-13(14)15(12)17-10-11-18-15/h12-14H,1-11H2. The maximum atomic E-state index is 6.19. The molecule has 0 aromatic heterocycles. The highest BCUT2D eigenvalue weighted by Gasteiger charge is 2.58. The summed E-state index contributed by atoms with van der Waals surface area (Å²) in [6.07, 6.45) is 9.50. The van der Waals surface area contributed by atoms with Crippen LogP contribution in [0.4, 0.5) is 0 Å². The molecule has 0 radical (unpaired) electrons. The molecule has 2 aliphatic heterocycles. The van der Waals surface area contributed by atoms with E-state index in [0.29, 0.717) is 11.8 Å². The van der Waals surface area contributed by atoms with Crippen LogP contribution in [-0.2, 0) is 9.47 Å². The second-order valence-corrected chi connectivity index (χ2v) is 6.54. The zero-order chi connectivity index (χ0) is 12.0. The van der Waals surface area contributed by atoms with Gasteiger partial charge in [0.15, 0.2) is 5.79 Å². The minimum absolute atomic E-state index is 0.177. The zero-order valence-electron chi connectivity index (χ0n) is 11.3. The van der Waals surface area contributed by atoms with Crippen LogP contribution in [0.1, 0.15) is 44.9 Å². The molecular formula is C15H25NO2. The van der Waals surface area contributed by atoms with E-state index in [1.165, 1.54) is 58.0 Å². The summed E-state index contributed by atoms with van der Waals surface area (Å²) in [6, 6.07) is 0.738. The minimum Gasteiger partial charge on any atom is -0.347 e. The van der Waals surface area contributed by atoms with E-state index in [1.807, 2.05) is 0 Å². The van der Waals surface area contributed by atoms with E-state index in [2.05, 4.69) is 4.90 Å². The van der Waals surface area contributed by atoms with Crippen molar-refractivity contribution in [3.05, 3.63) is 0 Å². The summed E-state index contributed by atoms with van der Waals surface area (Å²) in [5, 5.41) is 0. The molecule has 0 aromatic rings. The van der Waals surface area contributed by atoms with Gasteiger partial charge in [0.25, 0.3) is 0 Å². The van der Waals surface area contributed by atoms with Crippen LogP contribution in [0.2, 0.25) is 0 Å². The minimum atomic E-state index is -0.177. The lowest BCUT2D eigenvalue weighted by atomic mass is 9.64. The lowest BCUT2D eigenvalue weighted by Crippen LogP contribution is -2.60. The molecule has 2 saturated heterocycles. The highest BCUT2D eigenvalue weighted by Crippen LogP contribution is 2.53. The summed E-state index contributed by atoms with van der Waals surface area (Å²) in [6.45, 7) is 4.25. The van der Waals surface area contributed by atoms with Gasteiger partial charge in [0.2, 0.25) is 0 Å². The van der Waals surface area contributed by atoms with E-state index in [1.54, 1.807) is 0 Å². The molecule has 0 aromatic carbocycles. The number of likely N-dealkylation sites (tertiary alicyclic amines) is 1. The second kappa shape index (κ2) is 4.46. The topological polar surface area (TPSA) is 21.7 Å². The Kier molecular flexibility index (Phi) is 2.90. The monoisotopic (exact) mass is 251 g/mol. The highest BCUT2D eigenvalue weighted by molar-refractivity contribution is 5.03. The van der Waals surface area contributed by atoms with Crippen molar-refractivity contribution >= 4 is 0 Å². The molecule has 3 unspecified atom stereocenters. The van der Waals surface area contributed by atoms with Crippen molar-refractivity contribution in [3.8, 4) is 0 Å². The fourth-order valence-electron chi connectivity index (χ4n) is 5.07. The van der Waals surface area contributed by atoms with E-state index >= 15 is 0 Å². The SMILES string of the molecule is C1CC2CCC(N3CCCC3)C(C1)C21OCCO1. The Hall–Kier alpha value is -0.120. The third-order valence-electron chi connectivity index (χ3n) is 5.78. The molecule has 0 N–H and O–H groups in total. The summed E-state index contributed by atoms with van der Waals surface area (Å²) < 4.78 is 12.4. The molecule has 3 atom stereocenters. The number of ether oxygens (including phenoxy) is 2. The molecule has 4 fully saturated rings. The van der Waals surface area contributed by atoms with Crippen LogP contribution in [-0.4, -0.2) is 43.0 Å². The average molecular weight is 251 g/mol. The Morgan fingerprint density at radius 1 is 0.833 bits per heavy atom. The van der Waals surface area contributed by atoms with Gasteiger partial charge in [0.05, 0.1) is 13.2 Å². The summed E-state index contributed by atoms with van der Waals surface area (Å²) in [5.41, 5.74) is 0. The van der Waals surface area contributed by atoms with E-state index in [-0.39, 0.29) is 5.79 Å². The van der Waals surface area contributed by atoms with Gasteiger partial charge < -0.3 is 9.47 Å². The maximum Gasteiger partial charge on any atom is 0.175 e. The quantitative estimate of drug-likeness (QED) is 0.714. The number of hydrogen-bond donors (Lipinski definition) is 0. The van der Waals surface area contributed by atoms with Crippen molar-refractivity contribution in [2.24, 2.45) is 11.8 Å². The first-order valence-corrected chi connectivity index (χ1v) is 7.92. The van der Waals surface area contributed by atoms with Gasteiger partial charge in [0, 0.05) is 17.9 Å². The van der Waals surface area contributed by atoms with Crippen LogP contribution in [0.25, 0.3) is 0 Å². The van der Waals surface area contributed by atoms with Crippen LogP contribution in [0.15, 0.2) is 0 Å². The number of hydrogen-bond acceptors (Lipinski definition) is 3. The summed E-state index contributed by atoms with van der Waals surface area (Å²) >= 11 is 0. The van der Waals surface area contributed by atoms with Gasteiger partial charge in [-0.25, -0.2) is 0 Å². The molecule has 2 bridgehead atoms. The van der Waals surface area contributed by atoms with Gasteiger partial charge in [-0.05, 0) is 51.6 Å². The smallest absolute Gasteiger partial charge is 0.175 e. The summed E-state index contributed by atoms with van der Waals surface area (Å²) in [4.78, 5) is 2.74. The lowest BCUT2D eigenvalue weighted by molar-refractivity contribution is -0.273.